The molecule has 6 aromatic carbocycles. The van der Waals surface area contributed by atoms with Crippen LogP contribution in [0.5, 0.6) is 0 Å². The van der Waals surface area contributed by atoms with Gasteiger partial charge in [-0.25, -0.2) is 15.0 Å². The van der Waals surface area contributed by atoms with E-state index in [1.165, 1.54) is 66.8 Å². The summed E-state index contributed by atoms with van der Waals surface area (Å²) >= 11 is 0. The molecule has 7 aromatic rings. The molecule has 3 heteroatoms. The van der Waals surface area contributed by atoms with Gasteiger partial charge in [-0.05, 0) is 85.3 Å². The average molecular weight is 696 g/mol. The Morgan fingerprint density at radius 2 is 0.926 bits per heavy atom. The summed E-state index contributed by atoms with van der Waals surface area (Å²) in [5, 5.41) is 0. The normalized spacial score (nSPS) is 17.0. The van der Waals surface area contributed by atoms with E-state index < -0.39 is 0 Å². The quantitative estimate of drug-likeness (QED) is 0.180. The summed E-state index contributed by atoms with van der Waals surface area (Å²) in [4.78, 5) is 15.2. The number of allylic oxidation sites excluding steroid dienone is 4. The molecule has 1 heterocycles. The molecule has 1 unspecified atom stereocenters. The highest BCUT2D eigenvalue weighted by atomic mass is 15.0. The predicted octanol–water partition coefficient (Wildman–Crippen LogP) is 12.6. The van der Waals surface area contributed by atoms with Crippen LogP contribution in [0.1, 0.15) is 73.7 Å². The Morgan fingerprint density at radius 1 is 0.444 bits per heavy atom. The SMILES string of the molecule is CC1(C)c2ccccc2-c2ccc(C3=CCC(c4nc(-c5ccccc5)nc(-c5ccc(-c6ccc7c(c6)C(C)(C)c6ccccc6-7)cc5)n4)C=C3)cc21. The standard InChI is InChI=1S/C51H41N3/c1-50(2)43-16-10-8-14-39(43)41-28-26-37(30-45(41)50)32-18-22-35(23-19-32)48-52-47(34-12-6-5-7-13-34)53-49(54-48)36-24-20-33(21-25-36)38-27-29-42-40-15-9-11-17-44(40)51(3,4)46(42)31-38/h5-24,26-31,36H,25H2,1-4H3. The minimum Gasteiger partial charge on any atom is -0.212 e. The van der Waals surface area contributed by atoms with Crippen LogP contribution < -0.4 is 0 Å². The number of rotatable bonds is 5. The van der Waals surface area contributed by atoms with Gasteiger partial charge in [-0.1, -0.05) is 173 Å². The molecule has 0 fully saturated rings. The summed E-state index contributed by atoms with van der Waals surface area (Å²) in [6, 6.07) is 50.4. The first-order valence-corrected chi connectivity index (χ1v) is 19.1. The third-order valence-electron chi connectivity index (χ3n) is 12.1. The van der Waals surface area contributed by atoms with E-state index in [1.54, 1.807) is 0 Å². The Morgan fingerprint density at radius 3 is 1.52 bits per heavy atom. The molecule has 0 amide bonds. The molecular weight excluding hydrogens is 655 g/mol. The van der Waals surface area contributed by atoms with Crippen molar-refractivity contribution in [2.75, 3.05) is 0 Å². The highest BCUT2D eigenvalue weighted by Crippen LogP contribution is 2.51. The number of aromatic nitrogens is 3. The van der Waals surface area contributed by atoms with E-state index in [1.807, 2.05) is 18.2 Å². The van der Waals surface area contributed by atoms with Crippen LogP contribution in [0.2, 0.25) is 0 Å². The molecule has 0 bridgehead atoms. The number of nitrogens with zero attached hydrogens (tertiary/aromatic N) is 3. The van der Waals surface area contributed by atoms with Crippen LogP contribution >= 0.6 is 0 Å². The van der Waals surface area contributed by atoms with E-state index in [-0.39, 0.29) is 16.7 Å². The lowest BCUT2D eigenvalue weighted by Crippen LogP contribution is -2.15. The first kappa shape index (κ1) is 32.5. The largest absolute Gasteiger partial charge is 0.212 e. The molecule has 3 nitrogen and oxygen atoms in total. The predicted molar refractivity (Wildman–Crippen MR) is 222 cm³/mol. The lowest BCUT2D eigenvalue weighted by atomic mass is 9.81. The zero-order valence-electron chi connectivity index (χ0n) is 31.1. The van der Waals surface area contributed by atoms with Crippen LogP contribution in [0.25, 0.3) is 61.7 Å². The van der Waals surface area contributed by atoms with Gasteiger partial charge in [-0.3, -0.25) is 0 Å². The van der Waals surface area contributed by atoms with Gasteiger partial charge in [-0.2, -0.15) is 0 Å². The summed E-state index contributed by atoms with van der Waals surface area (Å²) in [5.74, 6) is 2.23. The molecule has 10 rings (SSSR count). The van der Waals surface area contributed by atoms with Gasteiger partial charge in [0.05, 0.1) is 0 Å². The molecule has 0 saturated carbocycles. The van der Waals surface area contributed by atoms with Crippen molar-refractivity contribution < 1.29 is 0 Å². The van der Waals surface area contributed by atoms with Crippen molar-refractivity contribution in [3.63, 3.8) is 0 Å². The zero-order chi connectivity index (χ0) is 36.6. The minimum atomic E-state index is -0.0366. The molecule has 3 aliphatic carbocycles. The number of hydrogen-bond acceptors (Lipinski definition) is 3. The molecule has 0 saturated heterocycles. The summed E-state index contributed by atoms with van der Waals surface area (Å²) < 4.78 is 0. The van der Waals surface area contributed by atoms with E-state index in [0.29, 0.717) is 11.6 Å². The van der Waals surface area contributed by atoms with Crippen molar-refractivity contribution in [3.8, 4) is 56.2 Å². The molecule has 3 aliphatic rings. The first-order valence-electron chi connectivity index (χ1n) is 19.1. The Balaban J connectivity index is 0.953. The first-order chi connectivity index (χ1) is 26.3. The van der Waals surface area contributed by atoms with Gasteiger partial charge in [0.15, 0.2) is 11.6 Å². The molecule has 1 aromatic heterocycles. The van der Waals surface area contributed by atoms with Crippen LogP contribution in [0, 0.1) is 0 Å². The number of fused-ring (bicyclic) bond motifs is 6. The number of hydrogen-bond donors (Lipinski definition) is 0. The van der Waals surface area contributed by atoms with E-state index in [4.69, 9.17) is 15.0 Å². The van der Waals surface area contributed by atoms with Crippen LogP contribution in [0.3, 0.4) is 0 Å². The second-order valence-corrected chi connectivity index (χ2v) is 16.0. The highest BCUT2D eigenvalue weighted by Gasteiger charge is 2.36. The molecular formula is C51H41N3. The van der Waals surface area contributed by atoms with Crippen molar-refractivity contribution in [2.45, 2.75) is 50.9 Å². The molecule has 1 atom stereocenters. The van der Waals surface area contributed by atoms with Crippen molar-refractivity contribution in [1.82, 2.24) is 15.0 Å². The zero-order valence-corrected chi connectivity index (χ0v) is 31.1. The van der Waals surface area contributed by atoms with Crippen LogP contribution in [-0.2, 0) is 10.8 Å². The molecule has 0 aliphatic heterocycles. The Hall–Kier alpha value is -6.19. The van der Waals surface area contributed by atoms with Gasteiger partial charge in [0.25, 0.3) is 0 Å². The van der Waals surface area contributed by atoms with E-state index in [0.717, 1.165) is 23.4 Å². The third kappa shape index (κ3) is 5.14. The second-order valence-electron chi connectivity index (χ2n) is 16.0. The Kier molecular flexibility index (Phi) is 7.32. The summed E-state index contributed by atoms with van der Waals surface area (Å²) in [6.07, 6.45) is 7.69. The fourth-order valence-electron chi connectivity index (χ4n) is 9.01. The van der Waals surface area contributed by atoms with E-state index in [2.05, 4.69) is 167 Å². The molecule has 54 heavy (non-hydrogen) atoms. The average Bonchev–Trinajstić information content (AvgIpc) is 3.60. The summed E-state index contributed by atoms with van der Waals surface area (Å²) in [7, 11) is 0. The Bertz CT molecular complexity index is 2680. The smallest absolute Gasteiger partial charge is 0.163 e. The molecule has 260 valence electrons. The Labute approximate surface area is 317 Å². The maximum atomic E-state index is 5.13. The topological polar surface area (TPSA) is 38.7 Å². The van der Waals surface area contributed by atoms with Crippen molar-refractivity contribution in [3.05, 3.63) is 191 Å². The lowest BCUT2D eigenvalue weighted by Gasteiger charge is -2.22. The van der Waals surface area contributed by atoms with Crippen molar-refractivity contribution in [1.29, 1.82) is 0 Å². The van der Waals surface area contributed by atoms with Gasteiger partial charge >= 0.3 is 0 Å². The molecule has 0 radical (unpaired) electrons. The van der Waals surface area contributed by atoms with Gasteiger partial charge < -0.3 is 0 Å². The van der Waals surface area contributed by atoms with Gasteiger partial charge in [0.2, 0.25) is 0 Å². The summed E-state index contributed by atoms with van der Waals surface area (Å²) in [5.41, 5.74) is 17.7. The van der Waals surface area contributed by atoms with Crippen LogP contribution in [0.15, 0.2) is 158 Å². The number of benzene rings is 6. The van der Waals surface area contributed by atoms with Gasteiger partial charge in [0, 0.05) is 27.9 Å². The maximum absolute atomic E-state index is 5.13. The molecule has 0 spiro atoms. The van der Waals surface area contributed by atoms with Gasteiger partial charge in [0.1, 0.15) is 5.82 Å². The third-order valence-corrected chi connectivity index (χ3v) is 12.1. The van der Waals surface area contributed by atoms with Crippen molar-refractivity contribution in [2.24, 2.45) is 0 Å². The fraction of sp³-hybridized carbons (Fsp3) is 0.157. The monoisotopic (exact) mass is 695 g/mol. The maximum Gasteiger partial charge on any atom is 0.163 e. The van der Waals surface area contributed by atoms with Crippen LogP contribution in [-0.4, -0.2) is 15.0 Å². The van der Waals surface area contributed by atoms with E-state index in [9.17, 15) is 0 Å². The molecule has 0 N–H and O–H groups in total. The van der Waals surface area contributed by atoms with Gasteiger partial charge in [-0.15, -0.1) is 0 Å². The second kappa shape index (κ2) is 12.2. The lowest BCUT2D eigenvalue weighted by molar-refractivity contribution is 0.660. The van der Waals surface area contributed by atoms with E-state index >= 15 is 0 Å². The minimum absolute atomic E-state index is 0.0264. The fourth-order valence-corrected chi connectivity index (χ4v) is 9.01. The summed E-state index contributed by atoms with van der Waals surface area (Å²) in [6.45, 7) is 9.34. The van der Waals surface area contributed by atoms with Crippen molar-refractivity contribution >= 4 is 5.57 Å². The van der Waals surface area contributed by atoms with Crippen LogP contribution in [0.4, 0.5) is 0 Å². The highest BCUT2D eigenvalue weighted by molar-refractivity contribution is 5.86.